The molecule has 0 aromatic rings. The normalized spacial score (nSPS) is 41.2. The van der Waals surface area contributed by atoms with Crippen LogP contribution in [0.3, 0.4) is 0 Å². The van der Waals surface area contributed by atoms with Crippen LogP contribution in [0.15, 0.2) is 0 Å². The van der Waals surface area contributed by atoms with Gasteiger partial charge in [-0.05, 0) is 44.4 Å². The van der Waals surface area contributed by atoms with Gasteiger partial charge < -0.3 is 5.73 Å². The molecule has 1 saturated carbocycles. The van der Waals surface area contributed by atoms with Gasteiger partial charge in [-0.25, -0.2) is 0 Å². The van der Waals surface area contributed by atoms with Crippen LogP contribution in [-0.4, -0.2) is 29.6 Å². The van der Waals surface area contributed by atoms with Crippen molar-refractivity contribution in [3.63, 3.8) is 0 Å². The Bertz CT molecular complexity index is 217. The van der Waals surface area contributed by atoms with Crippen LogP contribution in [0.1, 0.15) is 46.5 Å². The quantitative estimate of drug-likeness (QED) is 0.757. The van der Waals surface area contributed by atoms with E-state index >= 15 is 0 Å². The van der Waals surface area contributed by atoms with Gasteiger partial charge in [0.25, 0.3) is 0 Å². The van der Waals surface area contributed by atoms with E-state index in [2.05, 4.69) is 25.7 Å². The van der Waals surface area contributed by atoms with Gasteiger partial charge in [0.05, 0.1) is 0 Å². The largest absolute Gasteiger partial charge is 0.329 e. The average molecular weight is 210 g/mol. The molecule has 3 atom stereocenters. The molecule has 2 aliphatic rings. The van der Waals surface area contributed by atoms with Gasteiger partial charge in [0, 0.05) is 24.7 Å². The van der Waals surface area contributed by atoms with Crippen molar-refractivity contribution in [2.45, 2.75) is 58.0 Å². The molecule has 3 unspecified atom stereocenters. The van der Waals surface area contributed by atoms with Gasteiger partial charge >= 0.3 is 0 Å². The second-order valence-electron chi connectivity index (χ2n) is 5.99. The molecule has 0 aromatic heterocycles. The van der Waals surface area contributed by atoms with Gasteiger partial charge in [-0.15, -0.1) is 0 Å². The summed E-state index contributed by atoms with van der Waals surface area (Å²) in [5.41, 5.74) is 6.39. The second-order valence-corrected chi connectivity index (χ2v) is 5.99. The van der Waals surface area contributed by atoms with Crippen LogP contribution in [0.25, 0.3) is 0 Å². The molecule has 2 nitrogen and oxygen atoms in total. The van der Waals surface area contributed by atoms with E-state index in [0.29, 0.717) is 5.54 Å². The van der Waals surface area contributed by atoms with Crippen LogP contribution in [0.4, 0.5) is 0 Å². The highest BCUT2D eigenvalue weighted by atomic mass is 15.3. The fraction of sp³-hybridized carbons (Fsp3) is 1.00. The maximum absolute atomic E-state index is 6.01. The van der Waals surface area contributed by atoms with Crippen molar-refractivity contribution in [2.24, 2.45) is 17.6 Å². The lowest BCUT2D eigenvalue weighted by Gasteiger charge is -2.56. The first kappa shape index (κ1) is 11.4. The SMILES string of the molecule is CC1CC(C)C(C)N(C2(CN)CCC2)C1. The first-order chi connectivity index (χ1) is 7.09. The number of rotatable bonds is 2. The Hall–Kier alpha value is -0.0800. The topological polar surface area (TPSA) is 29.3 Å². The van der Waals surface area contributed by atoms with Crippen molar-refractivity contribution in [1.29, 1.82) is 0 Å². The smallest absolute Gasteiger partial charge is 0.0334 e. The Morgan fingerprint density at radius 1 is 1.27 bits per heavy atom. The van der Waals surface area contributed by atoms with Gasteiger partial charge in [0.15, 0.2) is 0 Å². The number of nitrogens with two attached hydrogens (primary N) is 1. The molecule has 2 rings (SSSR count). The van der Waals surface area contributed by atoms with E-state index in [1.54, 1.807) is 0 Å². The third-order valence-electron chi connectivity index (χ3n) is 4.87. The van der Waals surface area contributed by atoms with Crippen LogP contribution < -0.4 is 5.73 Å². The molecule has 1 heterocycles. The number of likely N-dealkylation sites (tertiary alicyclic amines) is 1. The molecule has 0 amide bonds. The maximum Gasteiger partial charge on any atom is 0.0334 e. The lowest BCUT2D eigenvalue weighted by Crippen LogP contribution is -2.64. The van der Waals surface area contributed by atoms with Gasteiger partial charge in [-0.2, -0.15) is 0 Å². The minimum atomic E-state index is 0.377. The van der Waals surface area contributed by atoms with E-state index in [1.165, 1.54) is 32.2 Å². The van der Waals surface area contributed by atoms with Gasteiger partial charge in [0.2, 0.25) is 0 Å². The molecular weight excluding hydrogens is 184 g/mol. The molecule has 1 aliphatic heterocycles. The fourth-order valence-electron chi connectivity index (χ4n) is 3.53. The molecule has 0 spiro atoms. The summed E-state index contributed by atoms with van der Waals surface area (Å²) in [5.74, 6) is 1.68. The lowest BCUT2D eigenvalue weighted by molar-refractivity contribution is -0.0567. The van der Waals surface area contributed by atoms with Crippen molar-refractivity contribution in [1.82, 2.24) is 4.90 Å². The van der Waals surface area contributed by atoms with E-state index < -0.39 is 0 Å². The first-order valence-corrected chi connectivity index (χ1v) is 6.56. The summed E-state index contributed by atoms with van der Waals surface area (Å²) in [6.45, 7) is 9.31. The van der Waals surface area contributed by atoms with Crippen molar-refractivity contribution in [2.75, 3.05) is 13.1 Å². The minimum absolute atomic E-state index is 0.377. The van der Waals surface area contributed by atoms with Crippen molar-refractivity contribution in [3.8, 4) is 0 Å². The Morgan fingerprint density at radius 2 is 1.93 bits per heavy atom. The first-order valence-electron chi connectivity index (χ1n) is 6.56. The van der Waals surface area contributed by atoms with Crippen LogP contribution >= 0.6 is 0 Å². The zero-order valence-electron chi connectivity index (χ0n) is 10.5. The molecular formula is C13H26N2. The molecule has 1 saturated heterocycles. The molecule has 0 radical (unpaired) electrons. The van der Waals surface area contributed by atoms with Crippen LogP contribution in [0, 0.1) is 11.8 Å². The summed E-state index contributed by atoms with van der Waals surface area (Å²) in [5, 5.41) is 0. The average Bonchev–Trinajstić information content (AvgIpc) is 2.12. The highest BCUT2D eigenvalue weighted by molar-refractivity contribution is 5.02. The molecule has 88 valence electrons. The molecule has 2 N–H and O–H groups in total. The highest BCUT2D eigenvalue weighted by Crippen LogP contribution is 2.42. The van der Waals surface area contributed by atoms with Crippen LogP contribution in [0.2, 0.25) is 0 Å². The number of nitrogens with zero attached hydrogens (tertiary/aromatic N) is 1. The standard InChI is InChI=1S/C13H26N2/c1-10-7-11(2)12(3)15(8-10)13(9-14)5-4-6-13/h10-12H,4-9,14H2,1-3H3. The van der Waals surface area contributed by atoms with Crippen molar-refractivity contribution >= 4 is 0 Å². The molecule has 1 aliphatic carbocycles. The van der Waals surface area contributed by atoms with Crippen molar-refractivity contribution < 1.29 is 0 Å². The van der Waals surface area contributed by atoms with E-state index in [-0.39, 0.29) is 0 Å². The minimum Gasteiger partial charge on any atom is -0.329 e. The van der Waals surface area contributed by atoms with Gasteiger partial charge in [-0.1, -0.05) is 13.8 Å². The van der Waals surface area contributed by atoms with Crippen LogP contribution in [0.5, 0.6) is 0 Å². The number of hydrogen-bond donors (Lipinski definition) is 1. The Morgan fingerprint density at radius 3 is 2.40 bits per heavy atom. The maximum atomic E-state index is 6.01. The Labute approximate surface area is 94.2 Å². The summed E-state index contributed by atoms with van der Waals surface area (Å²) in [6.07, 6.45) is 5.42. The van der Waals surface area contributed by atoms with E-state index in [0.717, 1.165) is 24.4 Å². The Balaban J connectivity index is 2.12. The van der Waals surface area contributed by atoms with Crippen LogP contribution in [-0.2, 0) is 0 Å². The predicted octanol–water partition coefficient (Wildman–Crippen LogP) is 2.23. The van der Waals surface area contributed by atoms with Crippen molar-refractivity contribution in [3.05, 3.63) is 0 Å². The third kappa shape index (κ3) is 1.83. The molecule has 0 bridgehead atoms. The second kappa shape index (κ2) is 4.06. The molecule has 15 heavy (non-hydrogen) atoms. The van der Waals surface area contributed by atoms with E-state index in [9.17, 15) is 0 Å². The zero-order chi connectivity index (χ0) is 11.1. The summed E-state index contributed by atoms with van der Waals surface area (Å²) in [6, 6.07) is 0.727. The van der Waals surface area contributed by atoms with E-state index in [4.69, 9.17) is 5.73 Å². The summed E-state index contributed by atoms with van der Waals surface area (Å²) in [7, 11) is 0. The molecule has 2 heteroatoms. The number of piperidine rings is 1. The zero-order valence-corrected chi connectivity index (χ0v) is 10.5. The molecule has 2 fully saturated rings. The van der Waals surface area contributed by atoms with Gasteiger partial charge in [0.1, 0.15) is 0 Å². The summed E-state index contributed by atoms with van der Waals surface area (Å²) < 4.78 is 0. The fourth-order valence-corrected chi connectivity index (χ4v) is 3.53. The lowest BCUT2D eigenvalue weighted by atomic mass is 9.71. The van der Waals surface area contributed by atoms with E-state index in [1.807, 2.05) is 0 Å². The summed E-state index contributed by atoms with van der Waals surface area (Å²) in [4.78, 5) is 2.73. The summed E-state index contributed by atoms with van der Waals surface area (Å²) >= 11 is 0. The predicted molar refractivity (Wildman–Crippen MR) is 64.7 cm³/mol. The Kier molecular flexibility index (Phi) is 3.09. The third-order valence-corrected chi connectivity index (χ3v) is 4.87. The molecule has 0 aromatic carbocycles. The van der Waals surface area contributed by atoms with Gasteiger partial charge in [-0.3, -0.25) is 4.90 Å². The highest BCUT2D eigenvalue weighted by Gasteiger charge is 2.46. The number of hydrogen-bond acceptors (Lipinski definition) is 2. The monoisotopic (exact) mass is 210 g/mol.